The van der Waals surface area contributed by atoms with Crippen LogP contribution in [0.15, 0.2) is 0 Å². The Kier molecular flexibility index (Phi) is 13.0. The van der Waals surface area contributed by atoms with Crippen molar-refractivity contribution in [3.05, 3.63) is 0 Å². The number of thioether (sulfide) groups is 1. The second-order valence-electron chi connectivity index (χ2n) is 6.84. The van der Waals surface area contributed by atoms with Crippen molar-refractivity contribution < 1.29 is 14.4 Å². The Balaban J connectivity index is 3.47. The molecule has 6 nitrogen and oxygen atoms in total. The number of carbonyl (C=O) groups excluding carboxylic acids is 3. The molecule has 0 bridgehead atoms. The van der Waals surface area contributed by atoms with Gasteiger partial charge in [-0.05, 0) is 39.8 Å². The molecular weight excluding hydrogens is 345 g/mol. The van der Waals surface area contributed by atoms with Crippen molar-refractivity contribution in [2.75, 3.05) is 24.6 Å². The Morgan fingerprint density at radius 1 is 0.917 bits per heavy atom. The van der Waals surface area contributed by atoms with Gasteiger partial charge in [0, 0.05) is 25.9 Å². The molecule has 0 aromatic heterocycles. The van der Waals surface area contributed by atoms with Crippen LogP contribution in [0.4, 0.5) is 0 Å². The summed E-state index contributed by atoms with van der Waals surface area (Å²) in [5.41, 5.74) is 0.307. The van der Waals surface area contributed by atoms with Crippen LogP contribution in [-0.4, -0.2) is 42.3 Å². The first-order valence-corrected chi connectivity index (χ1v) is 10.1. The maximum absolute atomic E-state index is 11.7. The second kappa shape index (κ2) is 13.5. The molecule has 0 aromatic carbocycles. The molecule has 0 aliphatic rings. The summed E-state index contributed by atoms with van der Waals surface area (Å²) in [4.78, 5) is 34.1. The normalized spacial score (nSPS) is 11.0. The number of carbonyl (C=O) groups is 3. The molecule has 8 heteroatoms. The van der Waals surface area contributed by atoms with E-state index >= 15 is 0 Å². The van der Waals surface area contributed by atoms with Gasteiger partial charge in [0.2, 0.25) is 17.7 Å². The number of hydrogen-bond acceptors (Lipinski definition) is 4. The number of rotatable bonds is 12. The second-order valence-corrected chi connectivity index (χ2v) is 8.23. The highest BCUT2D eigenvalue weighted by Crippen LogP contribution is 2.19. The van der Waals surface area contributed by atoms with Gasteiger partial charge in [-0.25, -0.2) is 0 Å². The summed E-state index contributed by atoms with van der Waals surface area (Å²) < 4.78 is 0. The van der Waals surface area contributed by atoms with Gasteiger partial charge in [0.15, 0.2) is 0 Å². The smallest absolute Gasteiger partial charge is 0.230 e. The first-order chi connectivity index (χ1) is 11.2. The lowest BCUT2D eigenvalue weighted by Gasteiger charge is -2.17. The first kappa shape index (κ1) is 23.2. The lowest BCUT2D eigenvalue weighted by molar-refractivity contribution is -0.121. The van der Waals surface area contributed by atoms with Crippen LogP contribution in [0.3, 0.4) is 0 Å². The molecule has 0 heterocycles. The number of amides is 3. The molecule has 140 valence electrons. The van der Waals surface area contributed by atoms with Gasteiger partial charge in [0.1, 0.15) is 0 Å². The molecule has 24 heavy (non-hydrogen) atoms. The van der Waals surface area contributed by atoms with E-state index in [2.05, 4.69) is 45.9 Å². The third-order valence-electron chi connectivity index (χ3n) is 3.19. The molecule has 0 saturated carbocycles. The average molecular weight is 377 g/mol. The predicted octanol–water partition coefficient (Wildman–Crippen LogP) is 1.85. The summed E-state index contributed by atoms with van der Waals surface area (Å²) in [5.74, 6) is 1.01. The third kappa shape index (κ3) is 16.1. The largest absolute Gasteiger partial charge is 0.356 e. The zero-order chi connectivity index (χ0) is 18.4. The average Bonchev–Trinajstić information content (AvgIpc) is 2.50. The summed E-state index contributed by atoms with van der Waals surface area (Å²) in [7, 11) is 2.13. The Hall–Kier alpha value is -0.810. The van der Waals surface area contributed by atoms with Crippen LogP contribution in [0.25, 0.3) is 0 Å². The molecule has 1 unspecified atom stereocenters. The van der Waals surface area contributed by atoms with Crippen LogP contribution in [0.2, 0.25) is 0 Å². The van der Waals surface area contributed by atoms with Gasteiger partial charge in [-0.3, -0.25) is 14.4 Å². The van der Waals surface area contributed by atoms with E-state index in [9.17, 15) is 14.4 Å². The highest BCUT2D eigenvalue weighted by Gasteiger charge is 2.09. The van der Waals surface area contributed by atoms with Crippen LogP contribution in [-0.2, 0) is 14.4 Å². The molecule has 0 radical (unpaired) electrons. The van der Waals surface area contributed by atoms with Crippen LogP contribution < -0.4 is 15.7 Å². The Morgan fingerprint density at radius 3 is 2.21 bits per heavy atom. The maximum Gasteiger partial charge on any atom is 0.230 e. The summed E-state index contributed by atoms with van der Waals surface area (Å²) >= 11 is 1.50. The fourth-order valence-corrected chi connectivity index (χ4v) is 2.80. The van der Waals surface area contributed by atoms with Gasteiger partial charge in [-0.2, -0.15) is 11.8 Å². The minimum absolute atomic E-state index is 0.0804. The quantitative estimate of drug-likeness (QED) is 0.358. The third-order valence-corrected chi connectivity index (χ3v) is 4.55. The molecule has 0 spiro atoms. The zero-order valence-corrected chi connectivity index (χ0v) is 17.0. The molecule has 0 rings (SSSR count). The Morgan fingerprint density at radius 2 is 1.58 bits per heavy atom. The molecule has 1 atom stereocenters. The molecule has 3 N–H and O–H groups in total. The Labute approximate surface area is 152 Å². The fourth-order valence-electron chi connectivity index (χ4n) is 1.87. The highest BCUT2D eigenvalue weighted by molar-refractivity contribution is 7.99. The van der Waals surface area contributed by atoms with Gasteiger partial charge in [-0.15, -0.1) is 0 Å². The van der Waals surface area contributed by atoms with Crippen molar-refractivity contribution in [2.24, 2.45) is 5.41 Å². The molecule has 0 aliphatic heterocycles. The van der Waals surface area contributed by atoms with Crippen molar-refractivity contribution in [1.82, 2.24) is 15.7 Å². The van der Waals surface area contributed by atoms with Crippen molar-refractivity contribution in [2.45, 2.75) is 52.9 Å². The molecule has 0 aliphatic carbocycles. The fraction of sp³-hybridized carbons (Fsp3) is 0.812. The van der Waals surface area contributed by atoms with E-state index in [-0.39, 0.29) is 24.1 Å². The topological polar surface area (TPSA) is 87.3 Å². The maximum atomic E-state index is 11.7. The van der Waals surface area contributed by atoms with Crippen molar-refractivity contribution in [3.8, 4) is 0 Å². The lowest BCUT2D eigenvalue weighted by atomic mass is 9.91. The molecule has 3 amide bonds. The van der Waals surface area contributed by atoms with Gasteiger partial charge in [0.25, 0.3) is 0 Å². The van der Waals surface area contributed by atoms with Crippen LogP contribution in [0.1, 0.15) is 52.9 Å². The monoisotopic (exact) mass is 377 g/mol. The van der Waals surface area contributed by atoms with E-state index < -0.39 is 0 Å². The minimum atomic E-state index is -0.124. The van der Waals surface area contributed by atoms with E-state index in [1.807, 2.05) is 0 Å². The summed E-state index contributed by atoms with van der Waals surface area (Å²) in [6, 6.07) is 0. The van der Waals surface area contributed by atoms with Crippen LogP contribution in [0, 0.1) is 5.41 Å². The highest BCUT2D eigenvalue weighted by atomic mass is 32.2. The van der Waals surface area contributed by atoms with E-state index in [0.717, 1.165) is 31.6 Å². The van der Waals surface area contributed by atoms with Gasteiger partial charge >= 0.3 is 0 Å². The summed E-state index contributed by atoms with van der Waals surface area (Å²) in [6.45, 7) is 7.66. The van der Waals surface area contributed by atoms with Crippen LogP contribution >= 0.6 is 21.2 Å². The molecule has 0 aromatic rings. The van der Waals surface area contributed by atoms with E-state index in [0.29, 0.717) is 24.1 Å². The van der Waals surface area contributed by atoms with E-state index in [1.54, 1.807) is 0 Å². The summed E-state index contributed by atoms with van der Waals surface area (Å²) in [5, 5.41) is 8.03. The molecular formula is C16H32N3O3PS. The number of hydrogen-bond donors (Lipinski definition) is 3. The van der Waals surface area contributed by atoms with Gasteiger partial charge in [-0.1, -0.05) is 20.8 Å². The lowest BCUT2D eigenvalue weighted by Crippen LogP contribution is -2.29. The van der Waals surface area contributed by atoms with Crippen molar-refractivity contribution in [1.29, 1.82) is 0 Å². The van der Waals surface area contributed by atoms with Gasteiger partial charge < -0.3 is 15.7 Å². The SMILES string of the molecule is CC(C)(C)CCCNC(=O)CCCSCC(=O)NCCC(=O)NP. The van der Waals surface area contributed by atoms with Crippen molar-refractivity contribution >= 4 is 38.9 Å². The number of nitrogens with one attached hydrogen (secondary N) is 3. The standard InChI is InChI=1S/C16H32N3O3PS/c1-16(2,3)8-5-9-17-13(20)6-4-11-24-12-15(22)18-10-7-14(21)19-23/h4-12,23H2,1-3H3,(H,17,20)(H,18,22)(H,19,21). The zero-order valence-electron chi connectivity index (χ0n) is 15.1. The predicted molar refractivity (Wildman–Crippen MR) is 104 cm³/mol. The Bertz CT molecular complexity index is 401. The van der Waals surface area contributed by atoms with Crippen molar-refractivity contribution in [3.63, 3.8) is 0 Å². The first-order valence-electron chi connectivity index (χ1n) is 8.35. The minimum Gasteiger partial charge on any atom is -0.356 e. The molecule has 0 saturated heterocycles. The van der Waals surface area contributed by atoms with Gasteiger partial charge in [0.05, 0.1) is 5.75 Å². The summed E-state index contributed by atoms with van der Waals surface area (Å²) in [6.07, 6.45) is 3.63. The van der Waals surface area contributed by atoms with E-state index in [4.69, 9.17) is 0 Å². The van der Waals surface area contributed by atoms with E-state index in [1.165, 1.54) is 11.8 Å². The van der Waals surface area contributed by atoms with Crippen LogP contribution in [0.5, 0.6) is 0 Å². The molecule has 0 fully saturated rings.